The van der Waals surface area contributed by atoms with Gasteiger partial charge in [0.25, 0.3) is 0 Å². The van der Waals surface area contributed by atoms with Gasteiger partial charge in [0.05, 0.1) is 0 Å². The van der Waals surface area contributed by atoms with Gasteiger partial charge in [0.1, 0.15) is 0 Å². The first kappa shape index (κ1) is 31.2. The van der Waals surface area contributed by atoms with E-state index in [-0.39, 0.29) is 37.2 Å². The summed E-state index contributed by atoms with van der Waals surface area (Å²) in [6, 6.07) is 0. The second kappa shape index (κ2) is 33.7. The van der Waals surface area contributed by atoms with Crippen LogP contribution in [0.4, 0.5) is 4.79 Å². The average Bonchev–Trinajstić information content (AvgIpc) is 1.33. The number of hydrogen-bond donors (Lipinski definition) is 0. The molecule has 0 spiro atoms. The van der Waals surface area contributed by atoms with Gasteiger partial charge in [-0.15, -0.1) is 0 Å². The van der Waals surface area contributed by atoms with Crippen LogP contribution < -0.4 is 10.2 Å². The molecule has 10 heavy (non-hydrogen) atoms. The first-order valence-electron chi connectivity index (χ1n) is 1.02. The summed E-state index contributed by atoms with van der Waals surface area (Å²) in [5, 5.41) is 16.7. The third-order valence-electron chi connectivity index (χ3n) is 0. The molecule has 0 aliphatic rings. The summed E-state index contributed by atoms with van der Waals surface area (Å²) in [7, 11) is 0. The van der Waals surface area contributed by atoms with Crippen molar-refractivity contribution in [2.45, 2.75) is 0 Å². The Morgan fingerprint density at radius 1 is 1.10 bits per heavy atom. The summed E-state index contributed by atoms with van der Waals surface area (Å²) < 4.78 is 17.1. The van der Waals surface area contributed by atoms with E-state index < -0.39 is 29.4 Å². The Morgan fingerprint density at radius 2 is 1.10 bits per heavy atom. The predicted molar refractivity (Wildman–Crippen MR) is 14.0 cm³/mol. The molecule has 0 saturated heterocycles. The Kier molecular flexibility index (Phi) is 105. The molecule has 9 heteroatoms. The summed E-state index contributed by atoms with van der Waals surface area (Å²) in [6.07, 6.45) is -2.33. The Bertz CT molecular complexity index is 79.6. The molecule has 0 atom stereocenters. The SMILES string of the molecule is O.O.O=C([O-])[O-].[O]=[Zr]=[O].[Zr+2]. The molecule has 0 fully saturated rings. The van der Waals surface area contributed by atoms with Crippen LogP contribution >= 0.6 is 0 Å². The van der Waals surface area contributed by atoms with E-state index in [1.165, 1.54) is 0 Å². The van der Waals surface area contributed by atoms with Crippen molar-refractivity contribution >= 4 is 6.16 Å². The summed E-state index contributed by atoms with van der Waals surface area (Å²) in [5.74, 6) is 0. The van der Waals surface area contributed by atoms with Gasteiger partial charge in [-0.3, -0.25) is 0 Å². The van der Waals surface area contributed by atoms with E-state index in [0.717, 1.165) is 0 Å². The topological polar surface area (TPSA) is 160 Å². The van der Waals surface area contributed by atoms with Gasteiger partial charge >= 0.3 is 55.1 Å². The summed E-state index contributed by atoms with van der Waals surface area (Å²) in [4.78, 5) is 8.33. The molecule has 0 amide bonds. The van der Waals surface area contributed by atoms with Crippen molar-refractivity contribution in [3.63, 3.8) is 0 Å². The number of carboxylic acid groups (broad SMARTS) is 2. The zero-order valence-electron chi connectivity index (χ0n) is 4.54. The van der Waals surface area contributed by atoms with Crippen molar-refractivity contribution in [1.82, 2.24) is 0 Å². The molecule has 0 bridgehead atoms. The van der Waals surface area contributed by atoms with Crippen LogP contribution in [-0.4, -0.2) is 17.1 Å². The number of hydrogen-bond acceptors (Lipinski definition) is 5. The van der Waals surface area contributed by atoms with Crippen molar-refractivity contribution in [2.75, 3.05) is 0 Å². The fraction of sp³-hybridized carbons (Fsp3) is 0. The molecule has 0 aromatic heterocycles. The van der Waals surface area contributed by atoms with Crippen molar-refractivity contribution in [3.05, 3.63) is 0 Å². The van der Waals surface area contributed by atoms with Gasteiger partial charge in [0, 0.05) is 0 Å². The molecule has 0 rings (SSSR count). The van der Waals surface area contributed by atoms with Crippen molar-refractivity contribution in [2.24, 2.45) is 0 Å². The Hall–Kier alpha value is 0.556. The molecule has 0 heterocycles. The molecular formula is CH4O7Zr2. The van der Waals surface area contributed by atoms with Crippen LogP contribution in [0.1, 0.15) is 0 Å². The normalized spacial score (nSPS) is 3.20. The van der Waals surface area contributed by atoms with Crippen molar-refractivity contribution in [1.29, 1.82) is 0 Å². The quantitative estimate of drug-likeness (QED) is 0.441. The van der Waals surface area contributed by atoms with Gasteiger partial charge in [0.2, 0.25) is 0 Å². The van der Waals surface area contributed by atoms with Crippen molar-refractivity contribution < 1.29 is 81.0 Å². The number of carbonyl (C=O) groups is 1. The molecule has 0 saturated carbocycles. The van der Waals surface area contributed by atoms with Gasteiger partial charge in [-0.25, -0.2) is 0 Å². The van der Waals surface area contributed by atoms with Crippen LogP contribution in [0.3, 0.4) is 0 Å². The largest absolute Gasteiger partial charge is 2.00 e. The minimum Gasteiger partial charge on any atom is 2.00 e. The van der Waals surface area contributed by atoms with E-state index in [9.17, 15) is 0 Å². The maximum atomic E-state index is 8.54. The Balaban J connectivity index is -0.0000000131. The molecule has 0 aliphatic carbocycles. The zero-order valence-corrected chi connectivity index (χ0v) is 9.46. The number of carbonyl (C=O) groups excluding carboxylic acids is 1. The maximum Gasteiger partial charge on any atom is 2.00 e. The van der Waals surface area contributed by atoms with Crippen LogP contribution in [0.2, 0.25) is 0 Å². The Labute approximate surface area is 86.6 Å². The molecule has 7 nitrogen and oxygen atoms in total. The number of rotatable bonds is 0. The van der Waals surface area contributed by atoms with Crippen LogP contribution in [0.5, 0.6) is 0 Å². The average molecular weight is 310 g/mol. The third-order valence-corrected chi connectivity index (χ3v) is 0. The summed E-state index contributed by atoms with van der Waals surface area (Å²) in [5.41, 5.74) is 0. The smallest absolute Gasteiger partial charge is 2.00 e. The Morgan fingerprint density at radius 3 is 1.10 bits per heavy atom. The first-order valence-corrected chi connectivity index (χ1v) is 3.03. The van der Waals surface area contributed by atoms with Gasteiger partial charge in [-0.05, 0) is 6.16 Å². The minimum atomic E-state index is -2.33. The molecule has 0 aromatic rings. The second-order valence-corrected chi connectivity index (χ2v) is 0.743. The van der Waals surface area contributed by atoms with Crippen LogP contribution in [0, 0.1) is 0 Å². The van der Waals surface area contributed by atoms with E-state index in [2.05, 4.69) is 0 Å². The van der Waals surface area contributed by atoms with E-state index in [4.69, 9.17) is 20.6 Å². The van der Waals surface area contributed by atoms with E-state index in [0.29, 0.717) is 0 Å². The van der Waals surface area contributed by atoms with E-state index in [1.54, 1.807) is 0 Å². The molecule has 0 unspecified atom stereocenters. The second-order valence-electron chi connectivity index (χ2n) is 0.333. The van der Waals surface area contributed by atoms with Gasteiger partial charge in [0.15, 0.2) is 0 Å². The van der Waals surface area contributed by atoms with Crippen LogP contribution in [0.15, 0.2) is 0 Å². The van der Waals surface area contributed by atoms with Gasteiger partial charge in [-0.2, -0.15) is 0 Å². The monoisotopic (exact) mass is 308 g/mol. The first-order chi connectivity index (χ1) is 3.15. The summed E-state index contributed by atoms with van der Waals surface area (Å²) >= 11 is -2.27. The molecule has 4 N–H and O–H groups in total. The summed E-state index contributed by atoms with van der Waals surface area (Å²) in [6.45, 7) is 0. The molecular weight excluding hydrogens is 306 g/mol. The van der Waals surface area contributed by atoms with Gasteiger partial charge in [-0.1, -0.05) is 0 Å². The zero-order chi connectivity index (χ0) is 6.28. The fourth-order valence-corrected chi connectivity index (χ4v) is 0. The fourth-order valence-electron chi connectivity index (χ4n) is 0. The van der Waals surface area contributed by atoms with E-state index >= 15 is 0 Å². The van der Waals surface area contributed by atoms with E-state index in [1.807, 2.05) is 0 Å². The molecule has 58 valence electrons. The molecule has 0 radical (unpaired) electrons. The van der Waals surface area contributed by atoms with Crippen molar-refractivity contribution in [3.8, 4) is 0 Å². The van der Waals surface area contributed by atoms with Crippen LogP contribution in [0.25, 0.3) is 0 Å². The maximum absolute atomic E-state index is 8.54. The third kappa shape index (κ3) is 1580. The predicted octanol–water partition coefficient (Wildman–Crippen LogP) is -4.34. The molecule has 0 aliphatic heterocycles. The standard InChI is InChI=1S/CH2O3.2H2O.2O.2Zr/c2-1(3)4;;;;;;/h(H2,2,3,4);2*1H2;;;;/q;;;;;;+2/p-2. The van der Waals surface area contributed by atoms with Crippen LogP contribution in [-0.2, 0) is 55.1 Å². The minimum absolute atomic E-state index is 0. The van der Waals surface area contributed by atoms with Gasteiger partial charge < -0.3 is 26.0 Å². The molecule has 0 aromatic carbocycles.